The molecule has 1 amide bonds. The standard InChI is InChI=1S/C17H16N2O3/c1-21-17(20)19-18-14-11-16(12-7-3-2-4-8-12)22-15-10-6-5-9-13(14)15/h2-10,16H,11H2,1H3,(H,19,20). The van der Waals surface area contributed by atoms with Crippen LogP contribution in [0.2, 0.25) is 0 Å². The number of fused-ring (bicyclic) bond motifs is 1. The second kappa shape index (κ2) is 6.30. The Morgan fingerprint density at radius 3 is 2.68 bits per heavy atom. The SMILES string of the molecule is COC(=O)NN=C1CC(c2ccccc2)Oc2ccccc21. The number of hydrogen-bond acceptors (Lipinski definition) is 4. The molecule has 0 saturated carbocycles. The molecule has 22 heavy (non-hydrogen) atoms. The zero-order chi connectivity index (χ0) is 15.4. The van der Waals surface area contributed by atoms with Crippen molar-refractivity contribution in [2.24, 2.45) is 5.10 Å². The van der Waals surface area contributed by atoms with Crippen molar-refractivity contribution in [2.75, 3.05) is 7.11 Å². The van der Waals surface area contributed by atoms with E-state index in [9.17, 15) is 4.79 Å². The molecule has 1 N–H and O–H groups in total. The van der Waals surface area contributed by atoms with E-state index in [1.165, 1.54) is 7.11 Å². The lowest BCUT2D eigenvalue weighted by atomic mass is 9.96. The Labute approximate surface area is 128 Å². The number of ether oxygens (including phenoxy) is 2. The molecule has 1 unspecified atom stereocenters. The Hall–Kier alpha value is -2.82. The molecule has 1 aliphatic heterocycles. The van der Waals surface area contributed by atoms with Gasteiger partial charge < -0.3 is 9.47 Å². The maximum atomic E-state index is 11.2. The topological polar surface area (TPSA) is 59.9 Å². The van der Waals surface area contributed by atoms with Crippen LogP contribution in [0.25, 0.3) is 0 Å². The Morgan fingerprint density at radius 2 is 1.91 bits per heavy atom. The van der Waals surface area contributed by atoms with Gasteiger partial charge in [0.15, 0.2) is 0 Å². The van der Waals surface area contributed by atoms with Gasteiger partial charge in [0.2, 0.25) is 0 Å². The first-order valence-corrected chi connectivity index (χ1v) is 6.99. The summed E-state index contributed by atoms with van der Waals surface area (Å²) in [5.41, 5.74) is 5.10. The molecule has 0 spiro atoms. The van der Waals surface area contributed by atoms with Crippen molar-refractivity contribution in [1.82, 2.24) is 5.43 Å². The summed E-state index contributed by atoms with van der Waals surface area (Å²) in [5.74, 6) is 0.757. The molecule has 0 aromatic heterocycles. The molecular formula is C17H16N2O3. The van der Waals surface area contributed by atoms with Crippen LogP contribution in [0, 0.1) is 0 Å². The van der Waals surface area contributed by atoms with Crippen LogP contribution in [0.5, 0.6) is 5.75 Å². The highest BCUT2D eigenvalue weighted by Crippen LogP contribution is 2.34. The highest BCUT2D eigenvalue weighted by molar-refractivity contribution is 6.04. The third kappa shape index (κ3) is 2.93. The number of nitrogens with one attached hydrogen (secondary N) is 1. The van der Waals surface area contributed by atoms with Crippen LogP contribution in [0.15, 0.2) is 59.7 Å². The molecule has 5 nitrogen and oxygen atoms in total. The summed E-state index contributed by atoms with van der Waals surface area (Å²) in [6.07, 6.45) is -0.146. The molecule has 2 aromatic rings. The Bertz CT molecular complexity index is 698. The molecule has 0 bridgehead atoms. The van der Waals surface area contributed by atoms with Crippen LogP contribution in [-0.2, 0) is 4.74 Å². The minimum absolute atomic E-state index is 0.130. The molecular weight excluding hydrogens is 280 g/mol. The summed E-state index contributed by atoms with van der Waals surface area (Å²) >= 11 is 0. The Balaban J connectivity index is 1.93. The quantitative estimate of drug-likeness (QED) is 0.865. The van der Waals surface area contributed by atoms with Gasteiger partial charge in [-0.1, -0.05) is 42.5 Å². The summed E-state index contributed by atoms with van der Waals surface area (Å²) < 4.78 is 10.6. The fraction of sp³-hybridized carbons (Fsp3) is 0.176. The molecule has 3 rings (SSSR count). The number of rotatable bonds is 2. The largest absolute Gasteiger partial charge is 0.485 e. The summed E-state index contributed by atoms with van der Waals surface area (Å²) in [5, 5.41) is 4.18. The van der Waals surface area contributed by atoms with Crippen molar-refractivity contribution in [3.8, 4) is 5.75 Å². The number of carbonyl (C=O) groups excluding carboxylic acids is 1. The second-order valence-corrected chi connectivity index (χ2v) is 4.88. The summed E-state index contributed by atoms with van der Waals surface area (Å²) in [7, 11) is 1.31. The second-order valence-electron chi connectivity index (χ2n) is 4.88. The first-order valence-electron chi connectivity index (χ1n) is 6.99. The third-order valence-corrected chi connectivity index (χ3v) is 3.48. The predicted octanol–water partition coefficient (Wildman–Crippen LogP) is 3.27. The van der Waals surface area contributed by atoms with Crippen LogP contribution >= 0.6 is 0 Å². The van der Waals surface area contributed by atoms with Crippen LogP contribution in [0.4, 0.5) is 4.79 Å². The zero-order valence-corrected chi connectivity index (χ0v) is 12.2. The molecule has 0 radical (unpaired) electrons. The van der Waals surface area contributed by atoms with Gasteiger partial charge in [-0.05, 0) is 17.7 Å². The van der Waals surface area contributed by atoms with E-state index in [-0.39, 0.29) is 6.10 Å². The van der Waals surface area contributed by atoms with Crippen LogP contribution in [-0.4, -0.2) is 18.9 Å². The summed E-state index contributed by atoms with van der Waals surface area (Å²) in [4.78, 5) is 11.2. The van der Waals surface area contributed by atoms with E-state index < -0.39 is 6.09 Å². The van der Waals surface area contributed by atoms with Gasteiger partial charge in [0.05, 0.1) is 12.8 Å². The van der Waals surface area contributed by atoms with Crippen LogP contribution in [0.3, 0.4) is 0 Å². The molecule has 0 saturated heterocycles. The van der Waals surface area contributed by atoms with Gasteiger partial charge in [-0.15, -0.1) is 0 Å². The van der Waals surface area contributed by atoms with Crippen molar-refractivity contribution in [2.45, 2.75) is 12.5 Å². The lowest BCUT2D eigenvalue weighted by Crippen LogP contribution is -2.25. The number of methoxy groups -OCH3 is 1. The van der Waals surface area contributed by atoms with E-state index in [0.29, 0.717) is 6.42 Å². The van der Waals surface area contributed by atoms with Crippen molar-refractivity contribution in [3.05, 3.63) is 65.7 Å². The molecule has 1 aliphatic rings. The van der Waals surface area contributed by atoms with E-state index in [2.05, 4.69) is 15.3 Å². The minimum atomic E-state index is -0.590. The van der Waals surface area contributed by atoms with Crippen molar-refractivity contribution >= 4 is 11.8 Å². The highest BCUT2D eigenvalue weighted by Gasteiger charge is 2.26. The van der Waals surface area contributed by atoms with Gasteiger partial charge in [-0.2, -0.15) is 5.10 Å². The maximum Gasteiger partial charge on any atom is 0.427 e. The molecule has 0 fully saturated rings. The molecule has 0 aliphatic carbocycles. The smallest absolute Gasteiger partial charge is 0.427 e. The molecule has 1 heterocycles. The first-order chi connectivity index (χ1) is 10.8. The van der Waals surface area contributed by atoms with Gasteiger partial charge in [-0.3, -0.25) is 0 Å². The zero-order valence-electron chi connectivity index (χ0n) is 12.2. The van der Waals surface area contributed by atoms with Crippen LogP contribution in [0.1, 0.15) is 23.7 Å². The Kier molecular flexibility index (Phi) is 4.05. The number of amides is 1. The summed E-state index contributed by atoms with van der Waals surface area (Å²) in [6.45, 7) is 0. The van der Waals surface area contributed by atoms with Gasteiger partial charge >= 0.3 is 6.09 Å². The first kappa shape index (κ1) is 14.1. The fourth-order valence-corrected chi connectivity index (χ4v) is 2.41. The normalized spacial score (nSPS) is 18.2. The molecule has 2 aromatic carbocycles. The monoisotopic (exact) mass is 296 g/mol. The number of carbonyl (C=O) groups is 1. The number of para-hydroxylation sites is 1. The van der Waals surface area contributed by atoms with E-state index in [0.717, 1.165) is 22.6 Å². The molecule has 5 heteroatoms. The van der Waals surface area contributed by atoms with Gasteiger partial charge in [0.25, 0.3) is 0 Å². The number of hydrazone groups is 1. The van der Waals surface area contributed by atoms with Gasteiger partial charge in [-0.25, -0.2) is 10.2 Å². The number of benzene rings is 2. The average molecular weight is 296 g/mol. The van der Waals surface area contributed by atoms with Gasteiger partial charge in [0.1, 0.15) is 11.9 Å². The van der Waals surface area contributed by atoms with Crippen molar-refractivity contribution in [3.63, 3.8) is 0 Å². The maximum absolute atomic E-state index is 11.2. The molecule has 112 valence electrons. The van der Waals surface area contributed by atoms with Crippen molar-refractivity contribution < 1.29 is 14.3 Å². The lowest BCUT2D eigenvalue weighted by Gasteiger charge is -2.27. The highest BCUT2D eigenvalue weighted by atomic mass is 16.5. The van der Waals surface area contributed by atoms with E-state index in [1.807, 2.05) is 54.6 Å². The Morgan fingerprint density at radius 1 is 1.18 bits per heavy atom. The van der Waals surface area contributed by atoms with E-state index >= 15 is 0 Å². The number of nitrogens with zero attached hydrogens (tertiary/aromatic N) is 1. The lowest BCUT2D eigenvalue weighted by molar-refractivity contribution is 0.171. The number of hydrogen-bond donors (Lipinski definition) is 1. The fourth-order valence-electron chi connectivity index (χ4n) is 2.41. The summed E-state index contributed by atoms with van der Waals surface area (Å²) in [6, 6.07) is 17.6. The van der Waals surface area contributed by atoms with Crippen molar-refractivity contribution in [1.29, 1.82) is 0 Å². The van der Waals surface area contributed by atoms with Gasteiger partial charge in [0, 0.05) is 12.0 Å². The molecule has 1 atom stereocenters. The van der Waals surface area contributed by atoms with E-state index in [1.54, 1.807) is 0 Å². The minimum Gasteiger partial charge on any atom is -0.485 e. The third-order valence-electron chi connectivity index (χ3n) is 3.48. The van der Waals surface area contributed by atoms with Crippen LogP contribution < -0.4 is 10.2 Å². The predicted molar refractivity (Wildman–Crippen MR) is 82.9 cm³/mol. The average Bonchev–Trinajstić information content (AvgIpc) is 2.59. The van der Waals surface area contributed by atoms with E-state index in [4.69, 9.17) is 4.74 Å².